The van der Waals surface area contributed by atoms with E-state index in [1.54, 1.807) is 0 Å². The van der Waals surface area contributed by atoms with Crippen molar-refractivity contribution in [3.63, 3.8) is 0 Å². The van der Waals surface area contributed by atoms with Crippen molar-refractivity contribution >= 4 is 23.1 Å². The molecule has 2 N–H and O–H groups in total. The highest BCUT2D eigenvalue weighted by Crippen LogP contribution is 2.03. The highest BCUT2D eigenvalue weighted by molar-refractivity contribution is 6.95. The summed E-state index contributed by atoms with van der Waals surface area (Å²) in [4.78, 5) is 0. The Bertz CT molecular complexity index is 628. The van der Waals surface area contributed by atoms with Crippen LogP contribution in [0.4, 0.5) is 0 Å². The Balaban J connectivity index is 0.000000266. The Hall–Kier alpha value is -2.32. The van der Waals surface area contributed by atoms with Gasteiger partial charge in [0.15, 0.2) is 0 Å². The Kier molecular flexibility index (Phi) is 10.8. The first-order valence-electron chi connectivity index (χ1n) is 10.7. The molecule has 0 amide bonds. The predicted molar refractivity (Wildman–Crippen MR) is 126 cm³/mol. The summed E-state index contributed by atoms with van der Waals surface area (Å²) in [5.74, 6) is 0. The molecule has 3 aromatic carbocycles. The smallest absolute Gasteiger partial charge is 0.241 e. The van der Waals surface area contributed by atoms with Crippen LogP contribution in [0.2, 0.25) is 0 Å². The van der Waals surface area contributed by atoms with E-state index in [0.717, 1.165) is 6.54 Å². The van der Waals surface area contributed by atoms with Gasteiger partial charge in [-0.2, -0.15) is 0 Å². The van der Waals surface area contributed by atoms with Crippen LogP contribution in [0.3, 0.4) is 0 Å². The van der Waals surface area contributed by atoms with Gasteiger partial charge in [-0.25, -0.2) is 0 Å². The van der Waals surface area contributed by atoms with Crippen LogP contribution in [0.5, 0.6) is 0 Å². The zero-order valence-electron chi connectivity index (χ0n) is 17.3. The maximum atomic E-state index is 5.34. The molecule has 0 aliphatic heterocycles. The lowest BCUT2D eigenvalue weighted by Gasteiger charge is -2.15. The second-order valence-corrected chi connectivity index (χ2v) is 7.22. The SMILES string of the molecule is CCCCCCCCN.c1ccc(B(c2ccccc2)c2ccccc2)cc1. The minimum Gasteiger partial charge on any atom is -0.330 e. The summed E-state index contributed by atoms with van der Waals surface area (Å²) < 4.78 is 0. The van der Waals surface area contributed by atoms with Gasteiger partial charge in [-0.15, -0.1) is 0 Å². The standard InChI is InChI=1S/C18H15B.C8H19N/c1-4-10-16(11-5-1)19(17-12-6-2-7-13-17)18-14-8-3-9-15-18;1-2-3-4-5-6-7-8-9/h1-15H;2-9H2,1H3. The average molecular weight is 371 g/mol. The molecular formula is C26H34BN. The van der Waals surface area contributed by atoms with E-state index < -0.39 is 0 Å². The second-order valence-electron chi connectivity index (χ2n) is 7.22. The molecule has 146 valence electrons. The van der Waals surface area contributed by atoms with E-state index in [2.05, 4.69) is 97.9 Å². The van der Waals surface area contributed by atoms with Crippen LogP contribution in [0, 0.1) is 0 Å². The fourth-order valence-corrected chi connectivity index (χ4v) is 3.44. The topological polar surface area (TPSA) is 26.0 Å². The molecule has 0 heterocycles. The van der Waals surface area contributed by atoms with Gasteiger partial charge in [0.25, 0.3) is 0 Å². The molecule has 28 heavy (non-hydrogen) atoms. The molecule has 0 bridgehead atoms. The number of unbranched alkanes of at least 4 members (excludes halogenated alkanes) is 5. The summed E-state index contributed by atoms with van der Waals surface area (Å²) in [5, 5.41) is 0. The molecule has 0 atom stereocenters. The van der Waals surface area contributed by atoms with Gasteiger partial charge in [-0.05, 0) is 13.0 Å². The highest BCUT2D eigenvalue weighted by atomic mass is 14.5. The molecule has 0 fully saturated rings. The van der Waals surface area contributed by atoms with Gasteiger partial charge in [-0.1, -0.05) is 146 Å². The first kappa shape index (κ1) is 22.0. The molecule has 1 nitrogen and oxygen atoms in total. The molecule has 0 aliphatic carbocycles. The lowest BCUT2D eigenvalue weighted by Crippen LogP contribution is -2.51. The molecule has 0 aliphatic rings. The first-order valence-corrected chi connectivity index (χ1v) is 10.7. The fraction of sp³-hybridized carbons (Fsp3) is 0.308. The van der Waals surface area contributed by atoms with Gasteiger partial charge in [-0.3, -0.25) is 0 Å². The number of rotatable bonds is 9. The molecule has 0 saturated heterocycles. The summed E-state index contributed by atoms with van der Waals surface area (Å²) in [6, 6.07) is 32.0. The molecule has 0 saturated carbocycles. The lowest BCUT2D eigenvalue weighted by molar-refractivity contribution is 0.612. The summed E-state index contributed by atoms with van der Waals surface area (Å²) in [7, 11) is 0. The Labute approximate surface area is 172 Å². The molecule has 0 unspecified atom stereocenters. The minimum absolute atomic E-state index is 0.309. The monoisotopic (exact) mass is 371 g/mol. The van der Waals surface area contributed by atoms with Crippen molar-refractivity contribution in [2.24, 2.45) is 5.73 Å². The molecule has 0 spiro atoms. The predicted octanol–water partition coefficient (Wildman–Crippen LogP) is 4.51. The Morgan fingerprint density at radius 1 is 0.536 bits per heavy atom. The van der Waals surface area contributed by atoms with E-state index in [0.29, 0.717) is 6.71 Å². The van der Waals surface area contributed by atoms with E-state index in [1.165, 1.54) is 54.9 Å². The minimum atomic E-state index is 0.309. The van der Waals surface area contributed by atoms with Crippen molar-refractivity contribution in [3.8, 4) is 0 Å². The zero-order valence-corrected chi connectivity index (χ0v) is 17.3. The van der Waals surface area contributed by atoms with Gasteiger partial charge < -0.3 is 5.73 Å². The fourth-order valence-electron chi connectivity index (χ4n) is 3.44. The Morgan fingerprint density at radius 2 is 0.893 bits per heavy atom. The third-order valence-corrected chi connectivity index (χ3v) is 4.96. The van der Waals surface area contributed by atoms with Gasteiger partial charge in [0.1, 0.15) is 0 Å². The van der Waals surface area contributed by atoms with Gasteiger partial charge in [0.05, 0.1) is 0 Å². The number of benzene rings is 3. The van der Waals surface area contributed by atoms with Gasteiger partial charge in [0.2, 0.25) is 6.71 Å². The van der Waals surface area contributed by atoms with E-state index in [1.807, 2.05) is 0 Å². The zero-order chi connectivity index (χ0) is 19.9. The first-order chi connectivity index (χ1) is 13.9. The summed E-state index contributed by atoms with van der Waals surface area (Å²) in [6.45, 7) is 3.42. The summed E-state index contributed by atoms with van der Waals surface area (Å²) >= 11 is 0. The third-order valence-electron chi connectivity index (χ3n) is 4.96. The van der Waals surface area contributed by atoms with Crippen LogP contribution in [0.25, 0.3) is 0 Å². The molecule has 2 heteroatoms. The van der Waals surface area contributed by atoms with Crippen molar-refractivity contribution in [1.82, 2.24) is 0 Å². The van der Waals surface area contributed by atoms with Crippen LogP contribution >= 0.6 is 0 Å². The van der Waals surface area contributed by atoms with Crippen molar-refractivity contribution in [1.29, 1.82) is 0 Å². The number of hydrogen-bond donors (Lipinski definition) is 1. The molecule has 0 radical (unpaired) electrons. The normalized spacial score (nSPS) is 10.1. The van der Waals surface area contributed by atoms with Crippen molar-refractivity contribution < 1.29 is 0 Å². The van der Waals surface area contributed by atoms with Crippen LogP contribution in [-0.4, -0.2) is 13.3 Å². The Morgan fingerprint density at radius 3 is 1.25 bits per heavy atom. The van der Waals surface area contributed by atoms with Gasteiger partial charge in [0, 0.05) is 0 Å². The number of nitrogens with two attached hydrogens (primary N) is 1. The maximum Gasteiger partial charge on any atom is 0.241 e. The summed E-state index contributed by atoms with van der Waals surface area (Å²) in [5.41, 5.74) is 9.34. The maximum absolute atomic E-state index is 5.34. The molecule has 3 rings (SSSR count). The second kappa shape index (κ2) is 13.8. The van der Waals surface area contributed by atoms with Crippen LogP contribution in [0.1, 0.15) is 45.4 Å². The van der Waals surface area contributed by atoms with Crippen LogP contribution in [-0.2, 0) is 0 Å². The van der Waals surface area contributed by atoms with Crippen molar-refractivity contribution in [2.75, 3.05) is 6.54 Å². The molecule has 3 aromatic rings. The number of hydrogen-bond acceptors (Lipinski definition) is 1. The lowest BCUT2D eigenvalue weighted by atomic mass is 9.37. The highest BCUT2D eigenvalue weighted by Gasteiger charge is 2.20. The van der Waals surface area contributed by atoms with E-state index >= 15 is 0 Å². The van der Waals surface area contributed by atoms with Crippen LogP contribution in [0.15, 0.2) is 91.0 Å². The largest absolute Gasteiger partial charge is 0.330 e. The molecule has 0 aromatic heterocycles. The van der Waals surface area contributed by atoms with E-state index in [9.17, 15) is 0 Å². The quantitative estimate of drug-likeness (QED) is 0.435. The van der Waals surface area contributed by atoms with Crippen molar-refractivity contribution in [3.05, 3.63) is 91.0 Å². The van der Waals surface area contributed by atoms with Crippen LogP contribution < -0.4 is 22.1 Å². The third kappa shape index (κ3) is 7.74. The van der Waals surface area contributed by atoms with E-state index in [-0.39, 0.29) is 0 Å². The van der Waals surface area contributed by atoms with E-state index in [4.69, 9.17) is 5.73 Å². The average Bonchev–Trinajstić information content (AvgIpc) is 2.77. The van der Waals surface area contributed by atoms with Crippen molar-refractivity contribution in [2.45, 2.75) is 45.4 Å². The van der Waals surface area contributed by atoms with Gasteiger partial charge >= 0.3 is 0 Å². The summed E-state index contributed by atoms with van der Waals surface area (Å²) in [6.07, 6.45) is 8.05. The molecular weight excluding hydrogens is 337 g/mol.